The molecule has 0 N–H and O–H groups in total. The quantitative estimate of drug-likeness (QED) is 0.816. The Morgan fingerprint density at radius 2 is 2.26 bits per heavy atom. The van der Waals surface area contributed by atoms with Gasteiger partial charge in [-0.3, -0.25) is 4.79 Å². The zero-order chi connectivity index (χ0) is 16.4. The Labute approximate surface area is 134 Å². The molecular weight excluding hydrogens is 294 g/mol. The minimum absolute atomic E-state index is 0.0749. The molecule has 23 heavy (non-hydrogen) atoms. The topological polar surface area (TPSA) is 77.1 Å². The summed E-state index contributed by atoms with van der Waals surface area (Å²) in [5.74, 6) is 0.243. The molecule has 6 nitrogen and oxygen atoms in total. The van der Waals surface area contributed by atoms with Crippen LogP contribution in [0.4, 0.5) is 0 Å². The first-order valence-electron chi connectivity index (χ1n) is 7.68. The van der Waals surface area contributed by atoms with Crippen molar-refractivity contribution in [3.8, 4) is 11.9 Å². The van der Waals surface area contributed by atoms with E-state index in [9.17, 15) is 4.79 Å². The molecule has 0 aliphatic heterocycles. The molecule has 1 aliphatic rings. The number of nitriles is 1. The molecule has 0 radical (unpaired) electrons. The second-order valence-corrected chi connectivity index (χ2v) is 5.98. The van der Waals surface area contributed by atoms with Crippen LogP contribution in [-0.4, -0.2) is 29.9 Å². The summed E-state index contributed by atoms with van der Waals surface area (Å²) in [4.78, 5) is 17.0. The summed E-state index contributed by atoms with van der Waals surface area (Å²) in [5, 5.41) is 9.61. The third kappa shape index (κ3) is 2.92. The van der Waals surface area contributed by atoms with E-state index in [-0.39, 0.29) is 22.4 Å². The second-order valence-electron chi connectivity index (χ2n) is 5.98. The second kappa shape index (κ2) is 6.01. The van der Waals surface area contributed by atoms with Crippen molar-refractivity contribution in [2.24, 2.45) is 5.41 Å². The smallest absolute Gasteiger partial charge is 0.260 e. The molecule has 2 aromatic rings. The average molecular weight is 313 g/mol. The van der Waals surface area contributed by atoms with E-state index in [0.29, 0.717) is 30.7 Å². The predicted molar refractivity (Wildman–Crippen MR) is 85.4 cm³/mol. The number of hydrogen-bond donors (Lipinski definition) is 0. The number of hydrogen-bond acceptors (Lipinski definition) is 5. The number of ether oxygens (including phenoxy) is 2. The summed E-state index contributed by atoms with van der Waals surface area (Å²) in [6.45, 7) is 3.97. The molecule has 2 heterocycles. The maximum absolute atomic E-state index is 12.7. The van der Waals surface area contributed by atoms with Gasteiger partial charge >= 0.3 is 0 Å². The lowest BCUT2D eigenvalue weighted by atomic mass is 10.1. The first kappa shape index (κ1) is 15.5. The lowest BCUT2D eigenvalue weighted by molar-refractivity contribution is 0.0926. The van der Waals surface area contributed by atoms with E-state index in [2.05, 4.69) is 4.98 Å². The van der Waals surface area contributed by atoms with Crippen molar-refractivity contribution in [1.29, 1.82) is 5.26 Å². The van der Waals surface area contributed by atoms with E-state index >= 15 is 0 Å². The van der Waals surface area contributed by atoms with Crippen LogP contribution in [0.2, 0.25) is 0 Å². The first-order chi connectivity index (χ1) is 11.1. The number of fused-ring (bicyclic) bond motifs is 1. The van der Waals surface area contributed by atoms with Gasteiger partial charge in [-0.05, 0) is 31.9 Å². The SMILES string of the molecule is CCOCC1(Cn2ccc3nc(OC)c(C#N)cc3c2=O)CC1. The fraction of sp³-hybridized carbons (Fsp3) is 0.471. The largest absolute Gasteiger partial charge is 0.480 e. The Morgan fingerprint density at radius 3 is 2.87 bits per heavy atom. The molecule has 0 bridgehead atoms. The third-order valence-corrected chi connectivity index (χ3v) is 4.31. The van der Waals surface area contributed by atoms with Gasteiger partial charge in [0.05, 0.1) is 24.6 Å². The van der Waals surface area contributed by atoms with Crippen LogP contribution in [0.15, 0.2) is 23.1 Å². The summed E-state index contributed by atoms with van der Waals surface area (Å²) in [5.41, 5.74) is 0.754. The number of methoxy groups -OCH3 is 1. The van der Waals surface area contributed by atoms with Crippen LogP contribution < -0.4 is 10.3 Å². The maximum atomic E-state index is 12.7. The summed E-state index contributed by atoms with van der Waals surface area (Å²) >= 11 is 0. The van der Waals surface area contributed by atoms with Crippen LogP contribution >= 0.6 is 0 Å². The highest BCUT2D eigenvalue weighted by Gasteiger charge is 2.43. The highest BCUT2D eigenvalue weighted by molar-refractivity contribution is 5.79. The van der Waals surface area contributed by atoms with Gasteiger partial charge in [0.2, 0.25) is 5.88 Å². The van der Waals surface area contributed by atoms with E-state index in [1.54, 1.807) is 22.9 Å². The van der Waals surface area contributed by atoms with Gasteiger partial charge in [0.25, 0.3) is 5.56 Å². The van der Waals surface area contributed by atoms with Gasteiger partial charge in [0.1, 0.15) is 11.6 Å². The van der Waals surface area contributed by atoms with Crippen molar-refractivity contribution in [1.82, 2.24) is 9.55 Å². The number of aromatic nitrogens is 2. The molecule has 0 saturated heterocycles. The Hall–Kier alpha value is -2.39. The van der Waals surface area contributed by atoms with Gasteiger partial charge in [0, 0.05) is 24.8 Å². The van der Waals surface area contributed by atoms with Crippen LogP contribution in [0.1, 0.15) is 25.3 Å². The molecule has 0 spiro atoms. The van der Waals surface area contributed by atoms with Gasteiger partial charge < -0.3 is 14.0 Å². The molecule has 3 rings (SSSR count). The molecule has 6 heteroatoms. The zero-order valence-electron chi connectivity index (χ0n) is 13.3. The van der Waals surface area contributed by atoms with E-state index in [4.69, 9.17) is 14.7 Å². The Kier molecular flexibility index (Phi) is 4.05. The van der Waals surface area contributed by atoms with E-state index < -0.39 is 0 Å². The summed E-state index contributed by atoms with van der Waals surface area (Å²) in [6.07, 6.45) is 3.90. The molecular formula is C17H19N3O3. The fourth-order valence-electron chi connectivity index (χ4n) is 2.76. The molecule has 0 aromatic carbocycles. The number of nitrogens with zero attached hydrogens (tertiary/aromatic N) is 3. The lowest BCUT2D eigenvalue weighted by Crippen LogP contribution is -2.27. The standard InChI is InChI=1S/C17H19N3O3/c1-3-23-11-17(5-6-17)10-20-7-4-14-13(16(20)21)8-12(9-18)15(19-14)22-2/h4,7-8H,3,5-6,10-11H2,1-2H3. The molecule has 0 unspecified atom stereocenters. The van der Waals surface area contributed by atoms with Crippen molar-refractivity contribution in [2.45, 2.75) is 26.3 Å². The molecule has 1 aliphatic carbocycles. The average Bonchev–Trinajstić information content (AvgIpc) is 3.34. The first-order valence-corrected chi connectivity index (χ1v) is 7.68. The monoisotopic (exact) mass is 313 g/mol. The highest BCUT2D eigenvalue weighted by atomic mass is 16.5. The Morgan fingerprint density at radius 1 is 1.48 bits per heavy atom. The molecule has 120 valence electrons. The van der Waals surface area contributed by atoms with Crippen molar-refractivity contribution in [3.63, 3.8) is 0 Å². The van der Waals surface area contributed by atoms with Gasteiger partial charge in [-0.2, -0.15) is 5.26 Å². The summed E-state index contributed by atoms with van der Waals surface area (Å²) < 4.78 is 12.3. The van der Waals surface area contributed by atoms with Crippen LogP contribution in [0.25, 0.3) is 10.9 Å². The van der Waals surface area contributed by atoms with Gasteiger partial charge in [-0.15, -0.1) is 0 Å². The Balaban J connectivity index is 1.99. The molecule has 1 fully saturated rings. The van der Waals surface area contributed by atoms with Crippen LogP contribution in [0.3, 0.4) is 0 Å². The van der Waals surface area contributed by atoms with Crippen LogP contribution in [0.5, 0.6) is 5.88 Å². The maximum Gasteiger partial charge on any atom is 0.260 e. The van der Waals surface area contributed by atoms with Gasteiger partial charge in [0.15, 0.2) is 0 Å². The van der Waals surface area contributed by atoms with Gasteiger partial charge in [-0.25, -0.2) is 4.98 Å². The van der Waals surface area contributed by atoms with E-state index in [1.165, 1.54) is 7.11 Å². The third-order valence-electron chi connectivity index (χ3n) is 4.31. The lowest BCUT2D eigenvalue weighted by Gasteiger charge is -2.17. The van der Waals surface area contributed by atoms with E-state index in [1.807, 2.05) is 13.0 Å². The molecule has 0 amide bonds. The Bertz CT molecular complexity index is 831. The van der Waals surface area contributed by atoms with Crippen molar-refractivity contribution >= 4 is 10.9 Å². The summed E-state index contributed by atoms with van der Waals surface area (Å²) in [7, 11) is 1.46. The normalized spacial score (nSPS) is 15.3. The summed E-state index contributed by atoms with van der Waals surface area (Å²) in [6, 6.07) is 5.36. The van der Waals surface area contributed by atoms with Gasteiger partial charge in [-0.1, -0.05) is 0 Å². The number of rotatable bonds is 6. The van der Waals surface area contributed by atoms with Crippen molar-refractivity contribution in [2.75, 3.05) is 20.3 Å². The minimum Gasteiger partial charge on any atom is -0.480 e. The molecule has 0 atom stereocenters. The highest BCUT2D eigenvalue weighted by Crippen LogP contribution is 2.47. The van der Waals surface area contributed by atoms with Crippen LogP contribution in [0, 0.1) is 16.7 Å². The minimum atomic E-state index is -0.128. The number of pyridine rings is 2. The van der Waals surface area contributed by atoms with Crippen LogP contribution in [-0.2, 0) is 11.3 Å². The zero-order valence-corrected chi connectivity index (χ0v) is 13.3. The molecule has 1 saturated carbocycles. The van der Waals surface area contributed by atoms with Crippen molar-refractivity contribution < 1.29 is 9.47 Å². The fourth-order valence-corrected chi connectivity index (χ4v) is 2.76. The predicted octanol–water partition coefficient (Wildman–Crippen LogP) is 2.09. The van der Waals surface area contributed by atoms with E-state index in [0.717, 1.165) is 12.8 Å². The molecule has 2 aromatic heterocycles. The van der Waals surface area contributed by atoms with Crippen molar-refractivity contribution in [3.05, 3.63) is 34.2 Å².